The molecule has 2 aliphatic rings. The zero-order chi connectivity index (χ0) is 22.6. The van der Waals surface area contributed by atoms with E-state index in [9.17, 15) is 18.0 Å². The lowest BCUT2D eigenvalue weighted by molar-refractivity contribution is -0.129. The first-order valence-electron chi connectivity index (χ1n) is 11.0. The van der Waals surface area contributed by atoms with E-state index >= 15 is 0 Å². The lowest BCUT2D eigenvalue weighted by Crippen LogP contribution is -2.39. The van der Waals surface area contributed by atoms with Gasteiger partial charge < -0.3 is 9.80 Å². The van der Waals surface area contributed by atoms with Gasteiger partial charge in [-0.2, -0.15) is 4.31 Å². The van der Waals surface area contributed by atoms with Crippen LogP contribution in [-0.4, -0.2) is 99.1 Å². The lowest BCUT2D eigenvalue weighted by atomic mass is 10.1. The van der Waals surface area contributed by atoms with Crippen molar-refractivity contribution in [2.75, 3.05) is 59.9 Å². The van der Waals surface area contributed by atoms with Crippen LogP contribution in [0.4, 0.5) is 0 Å². The Labute approximate surface area is 185 Å². The van der Waals surface area contributed by atoms with Gasteiger partial charge in [0, 0.05) is 58.9 Å². The SMILES string of the molecule is Cc1ccc(S(=O)(=O)N2CCCCC2)cc1C(=O)N1CCCN(CC(=O)N(C)C)CC1. The van der Waals surface area contributed by atoms with Gasteiger partial charge >= 0.3 is 0 Å². The predicted molar refractivity (Wildman–Crippen MR) is 119 cm³/mol. The van der Waals surface area contributed by atoms with Crippen molar-refractivity contribution in [1.29, 1.82) is 0 Å². The number of nitrogens with zero attached hydrogens (tertiary/aromatic N) is 4. The molecule has 1 aromatic rings. The summed E-state index contributed by atoms with van der Waals surface area (Å²) in [6.07, 6.45) is 3.57. The zero-order valence-corrected chi connectivity index (χ0v) is 19.7. The van der Waals surface area contributed by atoms with Crippen LogP contribution in [0.5, 0.6) is 0 Å². The van der Waals surface area contributed by atoms with Crippen LogP contribution in [0.15, 0.2) is 23.1 Å². The van der Waals surface area contributed by atoms with Crippen molar-refractivity contribution in [1.82, 2.24) is 19.0 Å². The van der Waals surface area contributed by atoms with Crippen molar-refractivity contribution >= 4 is 21.8 Å². The molecule has 0 N–H and O–H groups in total. The van der Waals surface area contributed by atoms with Crippen LogP contribution < -0.4 is 0 Å². The summed E-state index contributed by atoms with van der Waals surface area (Å²) in [7, 11) is -0.111. The summed E-state index contributed by atoms with van der Waals surface area (Å²) >= 11 is 0. The minimum absolute atomic E-state index is 0.0474. The molecule has 9 heteroatoms. The van der Waals surface area contributed by atoms with Gasteiger partial charge in [0.1, 0.15) is 0 Å². The number of hydrogen-bond acceptors (Lipinski definition) is 5. The Kier molecular flexibility index (Phi) is 7.72. The van der Waals surface area contributed by atoms with Crippen LogP contribution in [0.1, 0.15) is 41.6 Å². The fourth-order valence-corrected chi connectivity index (χ4v) is 5.63. The van der Waals surface area contributed by atoms with Crippen LogP contribution in [0.25, 0.3) is 0 Å². The van der Waals surface area contributed by atoms with Crippen molar-refractivity contribution in [3.05, 3.63) is 29.3 Å². The quantitative estimate of drug-likeness (QED) is 0.678. The standard InChI is InChI=1S/C22H34N4O4S/c1-18-8-9-19(31(29,30)26-12-5-4-6-13-26)16-20(18)22(28)25-11-7-10-24(14-15-25)17-21(27)23(2)3/h8-9,16H,4-7,10-15,17H2,1-3H3. The third kappa shape index (κ3) is 5.64. The number of carbonyl (C=O) groups excluding carboxylic acids is 2. The van der Waals surface area contributed by atoms with Gasteiger partial charge in [-0.1, -0.05) is 12.5 Å². The molecule has 31 heavy (non-hydrogen) atoms. The van der Waals surface area contributed by atoms with Crippen LogP contribution >= 0.6 is 0 Å². The summed E-state index contributed by atoms with van der Waals surface area (Å²) < 4.78 is 27.7. The minimum Gasteiger partial charge on any atom is -0.348 e. The maximum atomic E-state index is 13.3. The molecule has 0 aliphatic carbocycles. The van der Waals surface area contributed by atoms with Crippen molar-refractivity contribution in [3.63, 3.8) is 0 Å². The smallest absolute Gasteiger partial charge is 0.254 e. The fourth-order valence-electron chi connectivity index (χ4n) is 4.08. The number of benzene rings is 1. The normalized spacial score (nSPS) is 19.1. The fraction of sp³-hybridized carbons (Fsp3) is 0.636. The Morgan fingerprint density at radius 3 is 2.32 bits per heavy atom. The van der Waals surface area contributed by atoms with Crippen molar-refractivity contribution in [2.24, 2.45) is 0 Å². The number of carbonyl (C=O) groups is 2. The molecule has 2 heterocycles. The Morgan fingerprint density at radius 2 is 1.65 bits per heavy atom. The second-order valence-corrected chi connectivity index (χ2v) is 10.6. The van der Waals surface area contributed by atoms with Crippen LogP contribution in [0.3, 0.4) is 0 Å². The average Bonchev–Trinajstić information content (AvgIpc) is 2.99. The third-order valence-corrected chi connectivity index (χ3v) is 8.02. The molecule has 0 radical (unpaired) electrons. The molecule has 172 valence electrons. The summed E-state index contributed by atoms with van der Waals surface area (Å²) in [6, 6.07) is 4.87. The number of rotatable bonds is 5. The van der Waals surface area contributed by atoms with Crippen molar-refractivity contribution in [2.45, 2.75) is 37.5 Å². The van der Waals surface area contributed by atoms with E-state index in [0.717, 1.165) is 37.8 Å². The van der Waals surface area contributed by atoms with Gasteiger partial charge in [-0.15, -0.1) is 0 Å². The van der Waals surface area contributed by atoms with E-state index in [1.54, 1.807) is 42.1 Å². The molecule has 2 aliphatic heterocycles. The van der Waals surface area contributed by atoms with Gasteiger partial charge in [-0.05, 0) is 43.9 Å². The van der Waals surface area contributed by atoms with E-state index in [4.69, 9.17) is 0 Å². The maximum absolute atomic E-state index is 13.3. The first kappa shape index (κ1) is 23.7. The molecular formula is C22H34N4O4S. The number of likely N-dealkylation sites (N-methyl/N-ethyl adjacent to an activating group) is 1. The van der Waals surface area contributed by atoms with Crippen molar-refractivity contribution in [3.8, 4) is 0 Å². The number of amides is 2. The average molecular weight is 451 g/mol. The Morgan fingerprint density at radius 1 is 0.935 bits per heavy atom. The number of sulfonamides is 1. The third-order valence-electron chi connectivity index (χ3n) is 6.13. The number of piperidine rings is 1. The molecule has 2 fully saturated rings. The second kappa shape index (κ2) is 10.1. The second-order valence-electron chi connectivity index (χ2n) is 8.65. The van der Waals surface area contributed by atoms with E-state index in [2.05, 4.69) is 4.90 Å². The number of hydrogen-bond donors (Lipinski definition) is 0. The Hall–Kier alpha value is -1.97. The molecular weight excluding hydrogens is 416 g/mol. The van der Waals surface area contributed by atoms with Gasteiger partial charge in [0.05, 0.1) is 11.4 Å². The predicted octanol–water partition coefficient (Wildman–Crippen LogP) is 1.41. The van der Waals surface area contributed by atoms with E-state index in [0.29, 0.717) is 44.8 Å². The molecule has 8 nitrogen and oxygen atoms in total. The first-order valence-corrected chi connectivity index (χ1v) is 12.5. The van der Waals surface area contributed by atoms with E-state index in [1.807, 2.05) is 6.92 Å². The summed E-state index contributed by atoms with van der Waals surface area (Å²) in [4.78, 5) is 30.9. The topological polar surface area (TPSA) is 81.2 Å². The van der Waals surface area contributed by atoms with Gasteiger partial charge in [-0.3, -0.25) is 14.5 Å². The molecule has 3 rings (SSSR count). The van der Waals surface area contributed by atoms with Gasteiger partial charge in [0.2, 0.25) is 15.9 Å². The highest BCUT2D eigenvalue weighted by Crippen LogP contribution is 2.24. The van der Waals surface area contributed by atoms with E-state index in [1.165, 1.54) is 4.31 Å². The highest BCUT2D eigenvalue weighted by Gasteiger charge is 2.28. The van der Waals surface area contributed by atoms with Crippen molar-refractivity contribution < 1.29 is 18.0 Å². The molecule has 0 aromatic heterocycles. The summed E-state index contributed by atoms with van der Waals surface area (Å²) in [5.41, 5.74) is 1.21. The summed E-state index contributed by atoms with van der Waals surface area (Å²) in [6.45, 7) is 5.74. The Balaban J connectivity index is 1.74. The molecule has 0 bridgehead atoms. The largest absolute Gasteiger partial charge is 0.348 e. The van der Waals surface area contributed by atoms with Gasteiger partial charge in [-0.25, -0.2) is 8.42 Å². The highest BCUT2D eigenvalue weighted by atomic mass is 32.2. The molecule has 0 atom stereocenters. The monoisotopic (exact) mass is 450 g/mol. The molecule has 0 saturated carbocycles. The van der Waals surface area contributed by atoms with E-state index < -0.39 is 10.0 Å². The van der Waals surface area contributed by atoms with Crippen LogP contribution in [-0.2, 0) is 14.8 Å². The number of aryl methyl sites for hydroxylation is 1. The highest BCUT2D eigenvalue weighted by molar-refractivity contribution is 7.89. The summed E-state index contributed by atoms with van der Waals surface area (Å²) in [5, 5.41) is 0. The first-order chi connectivity index (χ1) is 14.7. The van der Waals surface area contributed by atoms with Gasteiger partial charge in [0.25, 0.3) is 5.91 Å². The zero-order valence-electron chi connectivity index (χ0n) is 18.8. The molecule has 1 aromatic carbocycles. The minimum atomic E-state index is -3.59. The summed E-state index contributed by atoms with van der Waals surface area (Å²) in [5.74, 6) is -0.0970. The van der Waals surface area contributed by atoms with Crippen LogP contribution in [0.2, 0.25) is 0 Å². The lowest BCUT2D eigenvalue weighted by Gasteiger charge is -2.26. The molecule has 0 unspecified atom stereocenters. The Bertz CT molecular complexity index is 910. The maximum Gasteiger partial charge on any atom is 0.254 e. The van der Waals surface area contributed by atoms with Gasteiger partial charge in [0.15, 0.2) is 0 Å². The molecule has 0 spiro atoms. The molecule has 2 saturated heterocycles. The van der Waals surface area contributed by atoms with E-state index in [-0.39, 0.29) is 16.7 Å². The molecule has 2 amide bonds. The van der Waals surface area contributed by atoms with Crippen LogP contribution in [0, 0.1) is 6.92 Å².